The van der Waals surface area contributed by atoms with Crippen molar-refractivity contribution in [3.05, 3.63) is 52.0 Å². The zero-order valence-electron chi connectivity index (χ0n) is 19.1. The standard InChI is InChI=1S/C20H18ClF3IN5O2S.C2H6/c1-10(26)17-13(21)5-12(6-15(17)29-33-25)28-14-4-2-3-11-7-30(19(32)18(11)14)8-16(31)27-9-20(22,23)24;1-2/h2-6,26,28-29H,7-9H2,1H3,(H,27,31);1-2H3. The molecule has 0 bridgehead atoms. The summed E-state index contributed by atoms with van der Waals surface area (Å²) in [6, 6.07) is 8.54. The molecule has 3 rings (SSSR count). The van der Waals surface area contributed by atoms with Crippen LogP contribution in [0.5, 0.6) is 0 Å². The average Bonchev–Trinajstić information content (AvgIpc) is 3.09. The zero-order valence-corrected chi connectivity index (χ0v) is 22.8. The van der Waals surface area contributed by atoms with Gasteiger partial charge in [-0.15, -0.1) is 0 Å². The summed E-state index contributed by atoms with van der Waals surface area (Å²) >= 11 is 8.44. The Morgan fingerprint density at radius 1 is 1.26 bits per heavy atom. The first-order valence-corrected chi connectivity index (χ1v) is 14.2. The van der Waals surface area contributed by atoms with E-state index in [-0.39, 0.29) is 12.3 Å². The first kappa shape index (κ1) is 29.0. The van der Waals surface area contributed by atoms with Gasteiger partial charge in [0.15, 0.2) is 0 Å². The number of fused-ring (bicyclic) bond motifs is 1. The summed E-state index contributed by atoms with van der Waals surface area (Å²) in [6.45, 7) is 3.79. The Hall–Kier alpha value is -2.19. The van der Waals surface area contributed by atoms with Gasteiger partial charge in [-0.1, -0.05) is 37.6 Å². The molecule has 0 radical (unpaired) electrons. The Balaban J connectivity index is 0.00000210. The van der Waals surface area contributed by atoms with Gasteiger partial charge >= 0.3 is 6.18 Å². The minimum atomic E-state index is -4.53. The van der Waals surface area contributed by atoms with E-state index in [4.69, 9.17) is 17.0 Å². The molecule has 0 saturated carbocycles. The van der Waals surface area contributed by atoms with Crippen LogP contribution in [0.25, 0.3) is 0 Å². The lowest BCUT2D eigenvalue weighted by Gasteiger charge is -2.17. The maximum atomic E-state index is 12.9. The fourth-order valence-electron chi connectivity index (χ4n) is 3.42. The molecule has 1 heterocycles. The number of nitrogens with zero attached hydrogens (tertiary/aromatic N) is 1. The number of rotatable bonds is 8. The van der Waals surface area contributed by atoms with Crippen molar-refractivity contribution in [1.82, 2.24) is 10.2 Å². The number of anilines is 3. The van der Waals surface area contributed by atoms with Crippen molar-refractivity contribution < 1.29 is 22.8 Å². The quantitative estimate of drug-likeness (QED) is 0.149. The molecule has 0 spiro atoms. The van der Waals surface area contributed by atoms with E-state index in [1.165, 1.54) is 14.0 Å². The van der Waals surface area contributed by atoms with Gasteiger partial charge in [0.1, 0.15) is 13.1 Å². The van der Waals surface area contributed by atoms with Gasteiger partial charge in [-0.2, -0.15) is 13.2 Å². The Kier molecular flexibility index (Phi) is 10.5. The monoisotopic (exact) mass is 641 g/mol. The number of carbonyl (C=O) groups is 2. The topological polar surface area (TPSA) is 97.3 Å². The van der Waals surface area contributed by atoms with Crippen molar-refractivity contribution >= 4 is 76.5 Å². The summed E-state index contributed by atoms with van der Waals surface area (Å²) < 4.78 is 40.0. The molecular formula is C22H24ClF3IN5O2S. The van der Waals surface area contributed by atoms with Crippen LogP contribution in [0.15, 0.2) is 30.3 Å². The van der Waals surface area contributed by atoms with Crippen LogP contribution in [0.3, 0.4) is 0 Å². The van der Waals surface area contributed by atoms with Gasteiger partial charge < -0.3 is 25.7 Å². The number of nitrogens with one attached hydrogen (secondary N) is 4. The van der Waals surface area contributed by atoms with Crippen LogP contribution in [0.2, 0.25) is 5.02 Å². The van der Waals surface area contributed by atoms with Gasteiger partial charge in [0.05, 0.1) is 22.0 Å². The van der Waals surface area contributed by atoms with Gasteiger partial charge in [-0.25, -0.2) is 0 Å². The van der Waals surface area contributed by atoms with E-state index in [0.29, 0.717) is 38.8 Å². The summed E-state index contributed by atoms with van der Waals surface area (Å²) in [5, 5.41) is 13.2. The first-order chi connectivity index (χ1) is 16.5. The van der Waals surface area contributed by atoms with E-state index in [1.807, 2.05) is 13.8 Å². The van der Waals surface area contributed by atoms with Crippen molar-refractivity contribution in [2.24, 2.45) is 0 Å². The predicted molar refractivity (Wildman–Crippen MR) is 144 cm³/mol. The molecule has 2 aromatic carbocycles. The number of hydrogen-bond acceptors (Lipinski definition) is 6. The van der Waals surface area contributed by atoms with E-state index in [9.17, 15) is 22.8 Å². The van der Waals surface area contributed by atoms with Crippen LogP contribution in [-0.2, 0) is 11.3 Å². The predicted octanol–water partition coefficient (Wildman–Crippen LogP) is 6.54. The van der Waals surface area contributed by atoms with Gasteiger partial charge in [-0.05, 0) is 30.7 Å². The second-order valence-corrected chi connectivity index (χ2v) is 9.29. The van der Waals surface area contributed by atoms with Crippen molar-refractivity contribution in [2.75, 3.05) is 23.1 Å². The van der Waals surface area contributed by atoms with Crippen molar-refractivity contribution in [2.45, 2.75) is 33.5 Å². The Morgan fingerprint density at radius 2 is 1.94 bits per heavy atom. The maximum absolute atomic E-state index is 12.9. The molecule has 0 saturated heterocycles. The molecule has 7 nitrogen and oxygen atoms in total. The van der Waals surface area contributed by atoms with Gasteiger partial charge in [0.2, 0.25) is 5.91 Å². The van der Waals surface area contributed by atoms with E-state index >= 15 is 0 Å². The smallest absolute Gasteiger partial charge is 0.355 e. The highest BCUT2D eigenvalue weighted by Gasteiger charge is 2.33. The highest BCUT2D eigenvalue weighted by Crippen LogP contribution is 2.36. The Morgan fingerprint density at radius 3 is 2.54 bits per heavy atom. The number of hydrogen-bond donors (Lipinski definition) is 4. The van der Waals surface area contributed by atoms with Gasteiger partial charge in [0.25, 0.3) is 5.91 Å². The highest BCUT2D eigenvalue weighted by molar-refractivity contribution is 14.2. The molecule has 0 atom stereocenters. The largest absolute Gasteiger partial charge is 0.405 e. The number of benzene rings is 2. The van der Waals surface area contributed by atoms with Crippen molar-refractivity contribution in [3.63, 3.8) is 0 Å². The minimum Gasteiger partial charge on any atom is -0.355 e. The second kappa shape index (κ2) is 12.7. The third kappa shape index (κ3) is 7.64. The molecule has 0 fully saturated rings. The third-order valence-electron chi connectivity index (χ3n) is 4.73. The summed E-state index contributed by atoms with van der Waals surface area (Å²) in [5.74, 6) is -1.35. The lowest BCUT2D eigenvalue weighted by atomic mass is 10.1. The Labute approximate surface area is 222 Å². The van der Waals surface area contributed by atoms with Crippen molar-refractivity contribution in [3.8, 4) is 0 Å². The molecule has 190 valence electrons. The summed E-state index contributed by atoms with van der Waals surface area (Å²) in [7, 11) is 1.31. The molecule has 0 unspecified atom stereocenters. The molecule has 0 aliphatic carbocycles. The van der Waals surface area contributed by atoms with Crippen LogP contribution in [0, 0.1) is 5.41 Å². The molecular weight excluding hydrogens is 618 g/mol. The molecule has 2 amide bonds. The fraction of sp³-hybridized carbons (Fsp3) is 0.318. The van der Waals surface area contributed by atoms with Gasteiger partial charge in [0, 0.05) is 53.8 Å². The van der Waals surface area contributed by atoms with E-state index in [0.717, 1.165) is 0 Å². The number of halogens is 5. The number of carbonyl (C=O) groups excluding carboxylic acids is 2. The van der Waals surface area contributed by atoms with Crippen LogP contribution in [-0.4, -0.2) is 41.7 Å². The molecule has 1 aliphatic heterocycles. The lowest BCUT2D eigenvalue weighted by Crippen LogP contribution is -2.41. The molecule has 13 heteroatoms. The highest BCUT2D eigenvalue weighted by atomic mass is 127. The van der Waals surface area contributed by atoms with E-state index in [1.54, 1.807) is 42.6 Å². The molecule has 1 aliphatic rings. The molecule has 35 heavy (non-hydrogen) atoms. The minimum absolute atomic E-state index is 0.105. The summed E-state index contributed by atoms with van der Waals surface area (Å²) in [6.07, 6.45) is -4.53. The van der Waals surface area contributed by atoms with Gasteiger partial charge in [-0.3, -0.25) is 9.59 Å². The number of alkyl halides is 3. The van der Waals surface area contributed by atoms with E-state index in [2.05, 4.69) is 31.2 Å². The normalized spacial score (nSPS) is 12.5. The molecule has 2 aromatic rings. The third-order valence-corrected chi connectivity index (χ3v) is 5.98. The van der Waals surface area contributed by atoms with E-state index < -0.39 is 31.1 Å². The second-order valence-electron chi connectivity index (χ2n) is 7.20. The zero-order chi connectivity index (χ0) is 26.3. The van der Waals surface area contributed by atoms with Crippen LogP contribution in [0.4, 0.5) is 30.2 Å². The fourth-order valence-corrected chi connectivity index (χ4v) is 4.73. The van der Waals surface area contributed by atoms with Crippen LogP contribution >= 0.6 is 41.9 Å². The maximum Gasteiger partial charge on any atom is 0.405 e. The van der Waals surface area contributed by atoms with Crippen LogP contribution < -0.4 is 15.4 Å². The molecule has 4 N–H and O–H groups in total. The van der Waals surface area contributed by atoms with Crippen LogP contribution in [0.1, 0.15) is 42.3 Å². The van der Waals surface area contributed by atoms with Crippen molar-refractivity contribution in [1.29, 1.82) is 5.41 Å². The SMILES string of the molecule is CC.CC(=N)c1c(Cl)cc(Nc2cccc3c2C(=O)N(CC(=O)NCC(F)(F)F)C3)cc1NSI. The first-order valence-electron chi connectivity index (χ1n) is 10.4. The average molecular weight is 642 g/mol. The Bertz CT molecular complexity index is 1120. The molecule has 0 aromatic heterocycles. The summed E-state index contributed by atoms with van der Waals surface area (Å²) in [4.78, 5) is 26.0. The lowest BCUT2D eigenvalue weighted by molar-refractivity contribution is -0.138. The number of amides is 2. The summed E-state index contributed by atoms with van der Waals surface area (Å²) in [5.41, 5.74) is 3.49.